The summed E-state index contributed by atoms with van der Waals surface area (Å²) >= 11 is 6.06. The van der Waals surface area contributed by atoms with Crippen LogP contribution >= 0.6 is 11.6 Å². The molecule has 2 rings (SSSR count). The lowest BCUT2D eigenvalue weighted by Crippen LogP contribution is -2.34. The number of benzene rings is 1. The van der Waals surface area contributed by atoms with Crippen LogP contribution in [0.1, 0.15) is 30.4 Å². The molecule has 1 aromatic carbocycles. The molecule has 102 valence electrons. The highest BCUT2D eigenvalue weighted by Crippen LogP contribution is 2.41. The molecule has 0 heterocycles. The van der Waals surface area contributed by atoms with Crippen molar-refractivity contribution >= 4 is 23.4 Å². The first-order valence-corrected chi connectivity index (χ1v) is 6.41. The van der Waals surface area contributed by atoms with Crippen molar-refractivity contribution in [2.45, 2.75) is 31.3 Å². The third-order valence-corrected chi connectivity index (χ3v) is 4.03. The van der Waals surface area contributed by atoms with Crippen molar-refractivity contribution in [2.75, 3.05) is 7.11 Å². The highest BCUT2D eigenvalue weighted by atomic mass is 35.5. The Bertz CT molecular complexity index is 526. The van der Waals surface area contributed by atoms with Crippen LogP contribution in [0.2, 0.25) is 5.02 Å². The predicted octanol–water partition coefficient (Wildman–Crippen LogP) is 2.00. The normalized spacial score (nSPS) is 22.6. The molecule has 0 aromatic heterocycles. The van der Waals surface area contributed by atoms with Gasteiger partial charge in [-0.1, -0.05) is 23.7 Å². The Morgan fingerprint density at radius 3 is 2.74 bits per heavy atom. The van der Waals surface area contributed by atoms with E-state index in [-0.39, 0.29) is 18.8 Å². The second-order valence-corrected chi connectivity index (χ2v) is 5.16. The Morgan fingerprint density at radius 1 is 1.53 bits per heavy atom. The number of hydrogen-bond donors (Lipinski definition) is 1. The fourth-order valence-corrected chi connectivity index (χ4v) is 2.81. The van der Waals surface area contributed by atoms with E-state index >= 15 is 0 Å². The first-order valence-electron chi connectivity index (χ1n) is 6.03. The van der Waals surface area contributed by atoms with Gasteiger partial charge in [0.1, 0.15) is 11.2 Å². The van der Waals surface area contributed by atoms with E-state index in [1.165, 1.54) is 7.11 Å². The Morgan fingerprint density at radius 2 is 2.26 bits per heavy atom. The molecular formula is C14H15ClO4. The molecule has 1 aromatic rings. The first kappa shape index (κ1) is 14.0. The van der Waals surface area contributed by atoms with Crippen LogP contribution < -0.4 is 0 Å². The maximum Gasteiger partial charge on any atom is 0.316 e. The van der Waals surface area contributed by atoms with Crippen LogP contribution in [-0.4, -0.2) is 24.0 Å². The van der Waals surface area contributed by atoms with Crippen LogP contribution in [0.3, 0.4) is 0 Å². The molecule has 19 heavy (non-hydrogen) atoms. The molecule has 5 heteroatoms. The molecule has 0 radical (unpaired) electrons. The summed E-state index contributed by atoms with van der Waals surface area (Å²) in [5.41, 5.74) is 0.339. The molecule has 1 saturated carbocycles. The third kappa shape index (κ3) is 2.38. The SMILES string of the molecule is COC(=O)C1(c2ccc(CO)c(Cl)c2)CCC(=O)C1. The fraction of sp³-hybridized carbons (Fsp3) is 0.429. The number of hydrogen-bond acceptors (Lipinski definition) is 4. The van der Waals surface area contributed by atoms with Gasteiger partial charge in [-0.15, -0.1) is 0 Å². The summed E-state index contributed by atoms with van der Waals surface area (Å²) < 4.78 is 4.85. The molecule has 1 atom stereocenters. The number of carbonyl (C=O) groups is 2. The van der Waals surface area contributed by atoms with Crippen LogP contribution in [0.15, 0.2) is 18.2 Å². The molecule has 0 saturated heterocycles. The smallest absolute Gasteiger partial charge is 0.316 e. The van der Waals surface area contributed by atoms with E-state index in [1.54, 1.807) is 18.2 Å². The van der Waals surface area contributed by atoms with E-state index < -0.39 is 11.4 Å². The van der Waals surface area contributed by atoms with Crippen LogP contribution in [0.4, 0.5) is 0 Å². The zero-order valence-electron chi connectivity index (χ0n) is 10.6. The number of ketones is 1. The number of aliphatic hydroxyl groups is 1. The average molecular weight is 283 g/mol. The van der Waals surface area contributed by atoms with E-state index in [2.05, 4.69) is 0 Å². The van der Waals surface area contributed by atoms with E-state index in [0.717, 1.165) is 0 Å². The zero-order valence-corrected chi connectivity index (χ0v) is 11.4. The first-order chi connectivity index (χ1) is 9.03. The Hall–Kier alpha value is -1.39. The minimum atomic E-state index is -0.927. The van der Waals surface area contributed by atoms with Gasteiger partial charge in [0.2, 0.25) is 0 Å². The van der Waals surface area contributed by atoms with E-state index in [9.17, 15) is 9.59 Å². The predicted molar refractivity (Wildman–Crippen MR) is 69.9 cm³/mol. The van der Waals surface area contributed by atoms with Crippen molar-refractivity contribution in [3.8, 4) is 0 Å². The van der Waals surface area contributed by atoms with Gasteiger partial charge in [-0.3, -0.25) is 9.59 Å². The Balaban J connectivity index is 2.48. The summed E-state index contributed by atoms with van der Waals surface area (Å²) in [6.07, 6.45) is 0.955. The Labute approximate surface area is 116 Å². The lowest BCUT2D eigenvalue weighted by molar-refractivity contribution is -0.148. The number of Topliss-reactive ketones (excluding diaryl/α,β-unsaturated/α-hetero) is 1. The molecule has 0 aliphatic heterocycles. The van der Waals surface area contributed by atoms with Crippen molar-refractivity contribution in [1.29, 1.82) is 0 Å². The van der Waals surface area contributed by atoms with E-state index in [4.69, 9.17) is 21.4 Å². The van der Waals surface area contributed by atoms with Gasteiger partial charge in [0, 0.05) is 17.9 Å². The molecule has 4 nitrogen and oxygen atoms in total. The lowest BCUT2D eigenvalue weighted by Gasteiger charge is -2.26. The number of rotatable bonds is 3. The highest BCUT2D eigenvalue weighted by Gasteiger charge is 2.47. The number of halogens is 1. The third-order valence-electron chi connectivity index (χ3n) is 3.68. The van der Waals surface area contributed by atoms with Gasteiger partial charge in [-0.25, -0.2) is 0 Å². The summed E-state index contributed by atoms with van der Waals surface area (Å²) in [6, 6.07) is 5.04. The van der Waals surface area contributed by atoms with Crippen molar-refractivity contribution in [3.05, 3.63) is 34.3 Å². The molecule has 1 aliphatic rings. The molecule has 0 spiro atoms. The summed E-state index contributed by atoms with van der Waals surface area (Å²) in [6.45, 7) is -0.163. The van der Waals surface area contributed by atoms with Crippen LogP contribution in [0.25, 0.3) is 0 Å². The van der Waals surface area contributed by atoms with Gasteiger partial charge >= 0.3 is 5.97 Å². The quantitative estimate of drug-likeness (QED) is 0.861. The number of aliphatic hydroxyl groups excluding tert-OH is 1. The molecule has 0 bridgehead atoms. The zero-order chi connectivity index (χ0) is 14.0. The summed E-state index contributed by atoms with van der Waals surface area (Å²) in [5.74, 6) is -0.362. The van der Waals surface area contributed by atoms with Gasteiger partial charge in [0.15, 0.2) is 0 Å². The van der Waals surface area contributed by atoms with Gasteiger partial charge < -0.3 is 9.84 Å². The maximum atomic E-state index is 12.1. The molecule has 1 unspecified atom stereocenters. The summed E-state index contributed by atoms with van der Waals surface area (Å²) in [4.78, 5) is 23.7. The number of carbonyl (C=O) groups excluding carboxylic acids is 2. The van der Waals surface area contributed by atoms with E-state index in [1.807, 2.05) is 0 Å². The van der Waals surface area contributed by atoms with Crippen molar-refractivity contribution in [2.24, 2.45) is 0 Å². The average Bonchev–Trinajstić information content (AvgIpc) is 2.81. The fourth-order valence-electron chi connectivity index (χ4n) is 2.57. The molecule has 1 N–H and O–H groups in total. The minimum absolute atomic E-state index is 0.0488. The standard InChI is InChI=1S/C14H15ClO4/c1-19-13(18)14(5-4-11(17)7-14)10-3-2-9(8-16)12(15)6-10/h2-3,6,16H,4-5,7-8H2,1H3. The van der Waals surface area contributed by atoms with Gasteiger partial charge in [-0.2, -0.15) is 0 Å². The monoisotopic (exact) mass is 282 g/mol. The van der Waals surface area contributed by atoms with E-state index in [0.29, 0.717) is 29.0 Å². The number of esters is 1. The number of methoxy groups -OCH3 is 1. The minimum Gasteiger partial charge on any atom is -0.468 e. The van der Waals surface area contributed by atoms with Crippen LogP contribution in [0.5, 0.6) is 0 Å². The molecule has 1 fully saturated rings. The van der Waals surface area contributed by atoms with Gasteiger partial charge in [0.05, 0.1) is 13.7 Å². The molecular weight excluding hydrogens is 268 g/mol. The topological polar surface area (TPSA) is 63.6 Å². The van der Waals surface area contributed by atoms with Gasteiger partial charge in [-0.05, 0) is 23.6 Å². The molecule has 1 aliphatic carbocycles. The van der Waals surface area contributed by atoms with Crippen molar-refractivity contribution < 1.29 is 19.4 Å². The van der Waals surface area contributed by atoms with Crippen LogP contribution in [-0.2, 0) is 26.3 Å². The number of ether oxygens (including phenoxy) is 1. The molecule has 0 amide bonds. The highest BCUT2D eigenvalue weighted by molar-refractivity contribution is 6.31. The summed E-state index contributed by atoms with van der Waals surface area (Å²) in [5, 5.41) is 9.50. The van der Waals surface area contributed by atoms with Gasteiger partial charge in [0.25, 0.3) is 0 Å². The summed E-state index contributed by atoms with van der Waals surface area (Å²) in [7, 11) is 1.32. The lowest BCUT2D eigenvalue weighted by atomic mass is 9.78. The largest absolute Gasteiger partial charge is 0.468 e. The second-order valence-electron chi connectivity index (χ2n) is 4.75. The van der Waals surface area contributed by atoms with Crippen molar-refractivity contribution in [1.82, 2.24) is 0 Å². The van der Waals surface area contributed by atoms with Crippen molar-refractivity contribution in [3.63, 3.8) is 0 Å². The second kappa shape index (κ2) is 5.31. The Kier molecular flexibility index (Phi) is 3.92. The van der Waals surface area contributed by atoms with Crippen LogP contribution in [0, 0.1) is 0 Å². The maximum absolute atomic E-state index is 12.1.